The Morgan fingerprint density at radius 2 is 1.67 bits per heavy atom. The normalized spacial score (nSPS) is 23.0. The Kier molecular flexibility index (Phi) is 3.25. The van der Waals surface area contributed by atoms with Gasteiger partial charge in [0.15, 0.2) is 0 Å². The van der Waals surface area contributed by atoms with Crippen molar-refractivity contribution in [2.24, 2.45) is 10.8 Å². The predicted octanol–water partition coefficient (Wildman–Crippen LogP) is 4.38. The number of halogens is 1. The van der Waals surface area contributed by atoms with E-state index in [1.807, 2.05) is 0 Å². The minimum Gasteiger partial charge on any atom is -0.0922 e. The maximum atomic E-state index is 3.69. The number of hydrogen-bond donors (Lipinski definition) is 0. The molecule has 0 unspecified atom stereocenters. The van der Waals surface area contributed by atoms with Crippen molar-refractivity contribution >= 4 is 15.9 Å². The molecule has 0 amide bonds. The van der Waals surface area contributed by atoms with Gasteiger partial charge in [0.1, 0.15) is 0 Å². The van der Waals surface area contributed by atoms with Crippen LogP contribution in [0.1, 0.15) is 52.9 Å². The van der Waals surface area contributed by atoms with Crippen LogP contribution < -0.4 is 0 Å². The molecule has 0 radical (unpaired) electrons. The van der Waals surface area contributed by atoms with Crippen LogP contribution in [0.25, 0.3) is 0 Å². The van der Waals surface area contributed by atoms with Gasteiger partial charge in [-0.15, -0.1) is 0 Å². The molecule has 1 heteroatoms. The van der Waals surface area contributed by atoms with Gasteiger partial charge in [-0.25, -0.2) is 0 Å². The van der Waals surface area contributed by atoms with E-state index >= 15 is 0 Å². The first kappa shape index (κ1) is 10.6. The topological polar surface area (TPSA) is 0 Å². The van der Waals surface area contributed by atoms with Crippen LogP contribution in [0.3, 0.4) is 0 Å². The lowest BCUT2D eigenvalue weighted by atomic mass is 9.74. The molecule has 1 rings (SSSR count). The molecule has 0 saturated heterocycles. The average molecular weight is 233 g/mol. The summed E-state index contributed by atoms with van der Waals surface area (Å²) in [6.07, 6.45) is 7.15. The summed E-state index contributed by atoms with van der Waals surface area (Å²) in [5.74, 6) is 0. The van der Waals surface area contributed by atoms with Crippen molar-refractivity contribution in [1.29, 1.82) is 0 Å². The lowest BCUT2D eigenvalue weighted by Crippen LogP contribution is -2.25. The predicted molar refractivity (Wildman–Crippen MR) is 58.8 cm³/mol. The second-order valence-electron chi connectivity index (χ2n) is 5.58. The second-order valence-corrected chi connectivity index (χ2v) is 6.14. The van der Waals surface area contributed by atoms with E-state index in [0.29, 0.717) is 10.8 Å². The van der Waals surface area contributed by atoms with Crippen LogP contribution in [-0.4, -0.2) is 5.33 Å². The molecule has 0 nitrogen and oxygen atoms in total. The number of alkyl halides is 1. The van der Waals surface area contributed by atoms with Gasteiger partial charge in [-0.3, -0.25) is 0 Å². The Morgan fingerprint density at radius 1 is 1.17 bits per heavy atom. The summed E-state index contributed by atoms with van der Waals surface area (Å²) >= 11 is 3.69. The van der Waals surface area contributed by atoms with Gasteiger partial charge in [0, 0.05) is 5.33 Å². The third kappa shape index (κ3) is 2.76. The summed E-state index contributed by atoms with van der Waals surface area (Å²) in [6, 6.07) is 0. The van der Waals surface area contributed by atoms with E-state index in [-0.39, 0.29) is 0 Å². The summed E-state index contributed by atoms with van der Waals surface area (Å²) in [4.78, 5) is 0. The molecule has 12 heavy (non-hydrogen) atoms. The maximum Gasteiger partial charge on any atom is 0.00881 e. The monoisotopic (exact) mass is 232 g/mol. The van der Waals surface area contributed by atoms with Crippen molar-refractivity contribution in [3.63, 3.8) is 0 Å². The van der Waals surface area contributed by atoms with Crippen molar-refractivity contribution in [2.45, 2.75) is 52.9 Å². The van der Waals surface area contributed by atoms with Crippen molar-refractivity contribution in [2.75, 3.05) is 5.33 Å². The van der Waals surface area contributed by atoms with E-state index in [1.165, 1.54) is 37.4 Å². The van der Waals surface area contributed by atoms with Gasteiger partial charge in [0.2, 0.25) is 0 Å². The molecular formula is C11H21Br. The summed E-state index contributed by atoms with van der Waals surface area (Å²) < 4.78 is 0. The summed E-state index contributed by atoms with van der Waals surface area (Å²) in [6.45, 7) is 7.07. The zero-order valence-corrected chi connectivity index (χ0v) is 10.2. The molecule has 0 aromatic heterocycles. The minimum absolute atomic E-state index is 0.498. The van der Waals surface area contributed by atoms with E-state index in [0.717, 1.165) is 0 Å². The van der Waals surface area contributed by atoms with E-state index < -0.39 is 0 Å². The first-order valence-electron chi connectivity index (χ1n) is 5.04. The molecule has 1 fully saturated rings. The van der Waals surface area contributed by atoms with Gasteiger partial charge in [-0.1, -0.05) is 49.5 Å². The smallest absolute Gasteiger partial charge is 0.00881 e. The first-order valence-corrected chi connectivity index (χ1v) is 6.16. The summed E-state index contributed by atoms with van der Waals surface area (Å²) in [5.41, 5.74) is 1.14. The number of rotatable bonds is 2. The van der Waals surface area contributed by atoms with E-state index in [4.69, 9.17) is 0 Å². The molecule has 0 aromatic carbocycles. The fraction of sp³-hybridized carbons (Fsp3) is 1.00. The fourth-order valence-corrected chi connectivity index (χ4v) is 3.37. The molecule has 0 atom stereocenters. The SMILES string of the molecule is CC(C)(C)CC1(CBr)CCCC1. The van der Waals surface area contributed by atoms with Gasteiger partial charge >= 0.3 is 0 Å². The maximum absolute atomic E-state index is 3.69. The first-order chi connectivity index (χ1) is 5.47. The largest absolute Gasteiger partial charge is 0.0922 e. The molecule has 1 aliphatic carbocycles. The van der Waals surface area contributed by atoms with Gasteiger partial charge < -0.3 is 0 Å². The molecule has 0 spiro atoms. The zero-order valence-electron chi connectivity index (χ0n) is 8.62. The zero-order chi connectivity index (χ0) is 9.24. The molecule has 0 heterocycles. The van der Waals surface area contributed by atoms with Gasteiger partial charge in [-0.05, 0) is 30.1 Å². The molecule has 1 saturated carbocycles. The third-order valence-corrected chi connectivity index (χ3v) is 4.04. The van der Waals surface area contributed by atoms with Crippen LogP contribution in [0, 0.1) is 10.8 Å². The van der Waals surface area contributed by atoms with Crippen molar-refractivity contribution < 1.29 is 0 Å². The Labute approximate surface area is 85.3 Å². The van der Waals surface area contributed by atoms with Gasteiger partial charge in [0.25, 0.3) is 0 Å². The molecule has 0 aliphatic heterocycles. The second kappa shape index (κ2) is 3.69. The van der Waals surface area contributed by atoms with Crippen LogP contribution in [0.4, 0.5) is 0 Å². The van der Waals surface area contributed by atoms with Gasteiger partial charge in [-0.2, -0.15) is 0 Å². The lowest BCUT2D eigenvalue weighted by Gasteiger charge is -2.34. The summed E-state index contributed by atoms with van der Waals surface area (Å²) in [5, 5.41) is 1.21. The highest BCUT2D eigenvalue weighted by molar-refractivity contribution is 9.09. The third-order valence-electron chi connectivity index (χ3n) is 2.85. The molecule has 1 aliphatic rings. The highest BCUT2D eigenvalue weighted by Gasteiger charge is 2.36. The van der Waals surface area contributed by atoms with Crippen LogP contribution in [0.15, 0.2) is 0 Å². The van der Waals surface area contributed by atoms with Crippen molar-refractivity contribution in [3.05, 3.63) is 0 Å². The van der Waals surface area contributed by atoms with Crippen LogP contribution in [0.2, 0.25) is 0 Å². The van der Waals surface area contributed by atoms with Gasteiger partial charge in [0.05, 0.1) is 0 Å². The molecule has 0 bridgehead atoms. The van der Waals surface area contributed by atoms with Crippen molar-refractivity contribution in [1.82, 2.24) is 0 Å². The highest BCUT2D eigenvalue weighted by Crippen LogP contribution is 2.47. The highest BCUT2D eigenvalue weighted by atomic mass is 79.9. The Bertz CT molecular complexity index is 138. The molecule has 0 aromatic rings. The molecular weight excluding hydrogens is 212 g/mol. The Morgan fingerprint density at radius 3 is 2.00 bits per heavy atom. The quantitative estimate of drug-likeness (QED) is 0.621. The standard InChI is InChI=1S/C11H21Br/c1-10(2,3)8-11(9-12)6-4-5-7-11/h4-9H2,1-3H3. The van der Waals surface area contributed by atoms with Crippen LogP contribution >= 0.6 is 15.9 Å². The van der Waals surface area contributed by atoms with E-state index in [2.05, 4.69) is 36.7 Å². The van der Waals surface area contributed by atoms with Crippen LogP contribution in [0.5, 0.6) is 0 Å². The van der Waals surface area contributed by atoms with Crippen LogP contribution in [-0.2, 0) is 0 Å². The molecule has 0 N–H and O–H groups in total. The lowest BCUT2D eigenvalue weighted by molar-refractivity contribution is 0.204. The minimum atomic E-state index is 0.498. The fourth-order valence-electron chi connectivity index (χ4n) is 2.61. The number of hydrogen-bond acceptors (Lipinski definition) is 0. The Hall–Kier alpha value is 0.480. The van der Waals surface area contributed by atoms with E-state index in [9.17, 15) is 0 Å². The van der Waals surface area contributed by atoms with E-state index in [1.54, 1.807) is 0 Å². The van der Waals surface area contributed by atoms with Crippen molar-refractivity contribution in [3.8, 4) is 0 Å². The Balaban J connectivity index is 2.55. The molecule has 72 valence electrons. The average Bonchev–Trinajstić information content (AvgIpc) is 2.34. The summed E-state index contributed by atoms with van der Waals surface area (Å²) in [7, 11) is 0.